The van der Waals surface area contributed by atoms with Crippen molar-refractivity contribution in [2.24, 2.45) is 41.4 Å². The number of fused-ring (bicyclic) bond motifs is 4. The largest absolute Gasteiger partial charge is 0.306 e. The topological polar surface area (TPSA) is 6.48 Å². The predicted octanol–water partition coefficient (Wildman–Crippen LogP) is 9.63. The molecule has 0 aromatic carbocycles. The standard InChI is InChI=1S/C36H68N2S2Si/c1-7-39-23-21-38(22-24-40-8-2)20-19-27-25-36(32-16-12-9-13-28(27)32)41(5,6)35-18-17-30-29-14-10-11-15-31(29)34(37(3)4)26-33(30)35/h27-36H,7-26H2,1-6H3. The highest BCUT2D eigenvalue weighted by Crippen LogP contribution is 2.65. The molecule has 0 amide bonds. The lowest BCUT2D eigenvalue weighted by Crippen LogP contribution is -2.52. The maximum Gasteiger partial charge on any atom is 0.0541 e. The molecule has 0 spiro atoms. The molecule has 10 unspecified atom stereocenters. The number of nitrogens with zero attached hydrogens (tertiary/aromatic N) is 2. The molecule has 0 aliphatic heterocycles. The van der Waals surface area contributed by atoms with Crippen LogP contribution < -0.4 is 0 Å². The second kappa shape index (κ2) is 15.4. The summed E-state index contributed by atoms with van der Waals surface area (Å²) in [7, 11) is 3.48. The molecule has 5 saturated carbocycles. The first-order chi connectivity index (χ1) is 19.9. The lowest BCUT2D eigenvalue weighted by Gasteiger charge is -2.53. The van der Waals surface area contributed by atoms with Gasteiger partial charge in [-0.15, -0.1) is 0 Å². The maximum absolute atomic E-state index is 2.94. The van der Waals surface area contributed by atoms with Crippen molar-refractivity contribution in [3.63, 3.8) is 0 Å². The summed E-state index contributed by atoms with van der Waals surface area (Å²) in [4.78, 5) is 5.54. The minimum atomic E-state index is -1.36. The molecule has 5 rings (SSSR count). The van der Waals surface area contributed by atoms with Crippen LogP contribution in [0.25, 0.3) is 0 Å². The Kier molecular flexibility index (Phi) is 12.5. The van der Waals surface area contributed by atoms with E-state index >= 15 is 0 Å². The van der Waals surface area contributed by atoms with E-state index in [1.54, 1.807) is 44.9 Å². The molecule has 5 aliphatic rings. The Bertz CT molecular complexity index is 782. The third kappa shape index (κ3) is 7.46. The van der Waals surface area contributed by atoms with Crippen LogP contribution >= 0.6 is 23.5 Å². The van der Waals surface area contributed by atoms with E-state index in [0.717, 1.165) is 58.5 Å². The second-order valence-corrected chi connectivity index (χ2v) is 23.9. The molecular weight excluding hydrogens is 553 g/mol. The van der Waals surface area contributed by atoms with Crippen LogP contribution in [0.15, 0.2) is 0 Å². The van der Waals surface area contributed by atoms with Gasteiger partial charge in [-0.2, -0.15) is 23.5 Å². The molecule has 10 atom stereocenters. The molecule has 0 heterocycles. The van der Waals surface area contributed by atoms with Crippen LogP contribution in [-0.4, -0.2) is 80.7 Å². The van der Waals surface area contributed by atoms with Crippen LogP contribution in [0.3, 0.4) is 0 Å². The fraction of sp³-hybridized carbons (Fsp3) is 1.00. The molecule has 0 radical (unpaired) electrons. The first-order valence-electron chi connectivity index (χ1n) is 18.4. The summed E-state index contributed by atoms with van der Waals surface area (Å²) in [6, 6.07) is 0.869. The number of thioether (sulfide) groups is 2. The first kappa shape index (κ1) is 33.2. The van der Waals surface area contributed by atoms with Gasteiger partial charge in [0.1, 0.15) is 0 Å². The zero-order valence-electron chi connectivity index (χ0n) is 28.1. The van der Waals surface area contributed by atoms with Gasteiger partial charge in [0.15, 0.2) is 0 Å². The Morgan fingerprint density at radius 2 is 1.20 bits per heavy atom. The highest BCUT2D eigenvalue weighted by Gasteiger charge is 2.58. The molecule has 0 bridgehead atoms. The first-order valence-corrected chi connectivity index (χ1v) is 23.9. The maximum atomic E-state index is 2.94. The van der Waals surface area contributed by atoms with Crippen molar-refractivity contribution in [3.8, 4) is 0 Å². The minimum Gasteiger partial charge on any atom is -0.306 e. The van der Waals surface area contributed by atoms with Crippen molar-refractivity contribution in [1.82, 2.24) is 9.80 Å². The Balaban J connectivity index is 1.27. The molecule has 0 aromatic rings. The molecule has 5 fully saturated rings. The highest BCUT2D eigenvalue weighted by molar-refractivity contribution is 7.99. The molecule has 5 heteroatoms. The number of hydrogen-bond acceptors (Lipinski definition) is 4. The van der Waals surface area contributed by atoms with Crippen LogP contribution in [0.5, 0.6) is 0 Å². The average molecular weight is 621 g/mol. The van der Waals surface area contributed by atoms with Gasteiger partial charge in [-0.1, -0.05) is 65.5 Å². The van der Waals surface area contributed by atoms with Gasteiger partial charge in [0.05, 0.1) is 8.07 Å². The van der Waals surface area contributed by atoms with Crippen molar-refractivity contribution < 1.29 is 0 Å². The zero-order valence-corrected chi connectivity index (χ0v) is 30.8. The third-order valence-electron chi connectivity index (χ3n) is 13.8. The van der Waals surface area contributed by atoms with E-state index < -0.39 is 8.07 Å². The van der Waals surface area contributed by atoms with Gasteiger partial charge in [-0.25, -0.2) is 0 Å². The van der Waals surface area contributed by atoms with E-state index in [1.807, 2.05) is 0 Å². The zero-order chi connectivity index (χ0) is 29.0. The second-order valence-electron chi connectivity index (χ2n) is 16.0. The Morgan fingerprint density at radius 3 is 1.83 bits per heavy atom. The Labute approximate surface area is 266 Å². The van der Waals surface area contributed by atoms with Crippen molar-refractivity contribution in [1.29, 1.82) is 0 Å². The van der Waals surface area contributed by atoms with Gasteiger partial charge in [0.2, 0.25) is 0 Å². The van der Waals surface area contributed by atoms with E-state index in [2.05, 4.69) is 74.4 Å². The smallest absolute Gasteiger partial charge is 0.0541 e. The average Bonchev–Trinajstić information content (AvgIpc) is 3.58. The molecule has 5 aliphatic carbocycles. The van der Waals surface area contributed by atoms with E-state index in [4.69, 9.17) is 0 Å². The Morgan fingerprint density at radius 1 is 0.610 bits per heavy atom. The fourth-order valence-electron chi connectivity index (χ4n) is 11.9. The number of hydrogen-bond donors (Lipinski definition) is 0. The van der Waals surface area contributed by atoms with E-state index in [0.29, 0.717) is 0 Å². The summed E-state index contributed by atoms with van der Waals surface area (Å²) in [6.07, 6.45) is 20.2. The lowest BCUT2D eigenvalue weighted by molar-refractivity contribution is 0.00249. The van der Waals surface area contributed by atoms with Crippen LogP contribution in [0, 0.1) is 41.4 Å². The predicted molar refractivity (Wildman–Crippen MR) is 189 cm³/mol. The summed E-state index contributed by atoms with van der Waals surface area (Å²) in [5.74, 6) is 12.6. The van der Waals surface area contributed by atoms with Gasteiger partial charge in [0.25, 0.3) is 0 Å². The van der Waals surface area contributed by atoms with Gasteiger partial charge < -0.3 is 9.80 Å². The van der Waals surface area contributed by atoms with Crippen LogP contribution in [0.2, 0.25) is 24.2 Å². The van der Waals surface area contributed by atoms with E-state index in [-0.39, 0.29) is 0 Å². The fourth-order valence-corrected chi connectivity index (χ4v) is 18.6. The van der Waals surface area contributed by atoms with Crippen molar-refractivity contribution in [3.05, 3.63) is 0 Å². The van der Waals surface area contributed by atoms with E-state index in [1.165, 1.54) is 81.2 Å². The van der Waals surface area contributed by atoms with Gasteiger partial charge in [0, 0.05) is 30.6 Å². The molecule has 0 saturated heterocycles. The quantitative estimate of drug-likeness (QED) is 0.141. The molecule has 2 nitrogen and oxygen atoms in total. The SMILES string of the molecule is CCSCCN(CCSCC)CCC1CC([Si](C)(C)C2CCC3C4CCCCC4C(N(C)C)CC32)C2CCCCC12. The lowest BCUT2D eigenvalue weighted by atomic mass is 9.60. The Hall–Kier alpha value is 0.837. The minimum absolute atomic E-state index is 0.869. The monoisotopic (exact) mass is 620 g/mol. The molecule has 0 N–H and O–H groups in total. The summed E-state index contributed by atoms with van der Waals surface area (Å²) in [6.45, 7) is 14.5. The van der Waals surface area contributed by atoms with Crippen molar-refractivity contribution in [2.75, 3.05) is 56.7 Å². The third-order valence-corrected chi connectivity index (χ3v) is 20.7. The van der Waals surface area contributed by atoms with Crippen LogP contribution in [0.4, 0.5) is 0 Å². The highest BCUT2D eigenvalue weighted by atomic mass is 32.2. The van der Waals surface area contributed by atoms with Crippen molar-refractivity contribution >= 4 is 31.6 Å². The summed E-state index contributed by atoms with van der Waals surface area (Å²) < 4.78 is 0. The molecule has 238 valence electrons. The van der Waals surface area contributed by atoms with Crippen molar-refractivity contribution in [2.45, 2.75) is 128 Å². The van der Waals surface area contributed by atoms with Gasteiger partial charge >= 0.3 is 0 Å². The molecule has 0 aromatic heterocycles. The summed E-state index contributed by atoms with van der Waals surface area (Å²) >= 11 is 4.28. The van der Waals surface area contributed by atoms with Crippen LogP contribution in [0.1, 0.15) is 97.3 Å². The van der Waals surface area contributed by atoms with E-state index in [9.17, 15) is 0 Å². The van der Waals surface area contributed by atoms with Crippen LogP contribution in [-0.2, 0) is 0 Å². The number of rotatable bonds is 14. The van der Waals surface area contributed by atoms with Gasteiger partial charge in [-0.3, -0.25) is 0 Å². The van der Waals surface area contributed by atoms with Gasteiger partial charge in [-0.05, 0) is 130 Å². The summed E-state index contributed by atoms with van der Waals surface area (Å²) in [5.41, 5.74) is 2.22. The normalized spacial score (nSPS) is 39.2. The molecular formula is C36H68N2S2Si. The summed E-state index contributed by atoms with van der Waals surface area (Å²) in [5, 5.41) is 0. The molecule has 41 heavy (non-hydrogen) atoms.